The minimum atomic E-state index is -0.275. The van der Waals surface area contributed by atoms with Crippen LogP contribution in [0.5, 0.6) is 0 Å². The minimum absolute atomic E-state index is 0.134. The second-order valence-corrected chi connectivity index (χ2v) is 5.25. The number of carbonyl (C=O) groups excluding carboxylic acids is 1. The molecule has 0 spiro atoms. The predicted octanol–water partition coefficient (Wildman–Crippen LogP) is 2.71. The van der Waals surface area contributed by atoms with Crippen molar-refractivity contribution in [1.82, 2.24) is 5.32 Å². The standard InChI is InChI=1S/C10H20BrNO/c1-8(6-5-7-11)12-9(13)10(2,3)4/h8H,5-7H2,1-4H3,(H,12,13). The molecular weight excluding hydrogens is 230 g/mol. The number of amides is 1. The second kappa shape index (κ2) is 5.63. The third-order valence-corrected chi connectivity index (χ3v) is 2.39. The maximum absolute atomic E-state index is 11.5. The van der Waals surface area contributed by atoms with Crippen LogP contribution < -0.4 is 5.32 Å². The van der Waals surface area contributed by atoms with E-state index in [9.17, 15) is 4.79 Å². The van der Waals surface area contributed by atoms with E-state index in [0.29, 0.717) is 0 Å². The Morgan fingerprint density at radius 3 is 2.38 bits per heavy atom. The zero-order valence-electron chi connectivity index (χ0n) is 8.98. The monoisotopic (exact) mass is 249 g/mol. The predicted molar refractivity (Wildman–Crippen MR) is 60.1 cm³/mol. The molecule has 0 aliphatic rings. The number of hydrogen-bond donors (Lipinski definition) is 1. The normalized spacial score (nSPS) is 13.9. The van der Waals surface area contributed by atoms with Crippen LogP contribution in [0.2, 0.25) is 0 Å². The van der Waals surface area contributed by atoms with Crippen LogP contribution in [0, 0.1) is 5.41 Å². The van der Waals surface area contributed by atoms with Crippen LogP contribution in [-0.2, 0) is 4.79 Å². The van der Waals surface area contributed by atoms with E-state index in [-0.39, 0.29) is 17.4 Å². The van der Waals surface area contributed by atoms with Crippen molar-refractivity contribution >= 4 is 21.8 Å². The molecule has 13 heavy (non-hydrogen) atoms. The molecular formula is C10H20BrNO. The summed E-state index contributed by atoms with van der Waals surface area (Å²) >= 11 is 3.37. The summed E-state index contributed by atoms with van der Waals surface area (Å²) in [5.74, 6) is 0.134. The molecule has 1 unspecified atom stereocenters. The highest BCUT2D eigenvalue weighted by Crippen LogP contribution is 2.13. The van der Waals surface area contributed by atoms with Crippen LogP contribution in [-0.4, -0.2) is 17.3 Å². The fraction of sp³-hybridized carbons (Fsp3) is 0.900. The van der Waals surface area contributed by atoms with Crippen LogP contribution in [0.4, 0.5) is 0 Å². The first-order valence-electron chi connectivity index (χ1n) is 4.75. The number of carbonyl (C=O) groups is 1. The Morgan fingerprint density at radius 2 is 2.00 bits per heavy atom. The smallest absolute Gasteiger partial charge is 0.225 e. The summed E-state index contributed by atoms with van der Waals surface area (Å²) in [5, 5.41) is 4.00. The van der Waals surface area contributed by atoms with Gasteiger partial charge < -0.3 is 5.32 Å². The molecule has 0 aliphatic heterocycles. The van der Waals surface area contributed by atoms with Gasteiger partial charge in [-0.3, -0.25) is 4.79 Å². The number of hydrogen-bond acceptors (Lipinski definition) is 1. The molecule has 0 aromatic carbocycles. The van der Waals surface area contributed by atoms with Crippen molar-refractivity contribution in [3.8, 4) is 0 Å². The van der Waals surface area contributed by atoms with Crippen molar-refractivity contribution in [2.75, 3.05) is 5.33 Å². The van der Waals surface area contributed by atoms with Gasteiger partial charge in [0.2, 0.25) is 5.91 Å². The van der Waals surface area contributed by atoms with Crippen LogP contribution in [0.1, 0.15) is 40.5 Å². The zero-order valence-corrected chi connectivity index (χ0v) is 10.6. The van der Waals surface area contributed by atoms with Gasteiger partial charge >= 0.3 is 0 Å². The van der Waals surface area contributed by atoms with Crippen molar-refractivity contribution in [1.29, 1.82) is 0 Å². The summed E-state index contributed by atoms with van der Waals surface area (Å²) in [4.78, 5) is 11.5. The van der Waals surface area contributed by atoms with Gasteiger partial charge in [-0.2, -0.15) is 0 Å². The Kier molecular flexibility index (Phi) is 5.61. The molecule has 1 amide bonds. The lowest BCUT2D eigenvalue weighted by molar-refractivity contribution is -0.129. The molecule has 0 rings (SSSR count). The van der Waals surface area contributed by atoms with Crippen molar-refractivity contribution in [3.05, 3.63) is 0 Å². The van der Waals surface area contributed by atoms with Gasteiger partial charge in [-0.05, 0) is 19.8 Å². The summed E-state index contributed by atoms with van der Waals surface area (Å²) in [6.45, 7) is 7.84. The number of alkyl halides is 1. The molecule has 0 aromatic heterocycles. The zero-order chi connectivity index (χ0) is 10.5. The summed E-state index contributed by atoms with van der Waals surface area (Å²) in [6, 6.07) is 0.282. The van der Waals surface area contributed by atoms with E-state index < -0.39 is 0 Å². The lowest BCUT2D eigenvalue weighted by atomic mass is 9.95. The molecule has 3 heteroatoms. The van der Waals surface area contributed by atoms with Gasteiger partial charge in [0.05, 0.1) is 0 Å². The molecule has 0 saturated heterocycles. The van der Waals surface area contributed by atoms with Gasteiger partial charge in [0, 0.05) is 16.8 Å². The second-order valence-electron chi connectivity index (χ2n) is 4.46. The third-order valence-electron chi connectivity index (χ3n) is 1.83. The Morgan fingerprint density at radius 1 is 1.46 bits per heavy atom. The van der Waals surface area contributed by atoms with Crippen molar-refractivity contribution in [2.45, 2.75) is 46.6 Å². The van der Waals surface area contributed by atoms with Gasteiger partial charge in [-0.25, -0.2) is 0 Å². The van der Waals surface area contributed by atoms with Crippen LogP contribution in [0.3, 0.4) is 0 Å². The number of nitrogens with one attached hydrogen (secondary N) is 1. The molecule has 1 N–H and O–H groups in total. The average molecular weight is 250 g/mol. The third kappa shape index (κ3) is 6.08. The fourth-order valence-electron chi connectivity index (χ4n) is 0.896. The first-order valence-corrected chi connectivity index (χ1v) is 5.87. The Bertz CT molecular complexity index is 163. The van der Waals surface area contributed by atoms with Crippen LogP contribution >= 0.6 is 15.9 Å². The van der Waals surface area contributed by atoms with E-state index in [1.807, 2.05) is 27.7 Å². The minimum Gasteiger partial charge on any atom is -0.353 e. The largest absolute Gasteiger partial charge is 0.353 e. The van der Waals surface area contributed by atoms with Crippen LogP contribution in [0.15, 0.2) is 0 Å². The Labute approximate surface area is 89.6 Å². The molecule has 0 heterocycles. The maximum atomic E-state index is 11.5. The molecule has 0 radical (unpaired) electrons. The van der Waals surface area contributed by atoms with E-state index in [0.717, 1.165) is 18.2 Å². The van der Waals surface area contributed by atoms with Crippen molar-refractivity contribution < 1.29 is 4.79 Å². The maximum Gasteiger partial charge on any atom is 0.225 e. The highest BCUT2D eigenvalue weighted by molar-refractivity contribution is 9.09. The molecule has 0 saturated carbocycles. The summed E-state index contributed by atoms with van der Waals surface area (Å²) in [5.41, 5.74) is -0.275. The van der Waals surface area contributed by atoms with Gasteiger partial charge in [-0.15, -0.1) is 0 Å². The van der Waals surface area contributed by atoms with Gasteiger partial charge in [0.25, 0.3) is 0 Å². The number of rotatable bonds is 4. The number of halogens is 1. The molecule has 0 aliphatic carbocycles. The summed E-state index contributed by atoms with van der Waals surface area (Å²) in [7, 11) is 0. The van der Waals surface area contributed by atoms with E-state index in [1.165, 1.54) is 0 Å². The highest BCUT2D eigenvalue weighted by Gasteiger charge is 2.22. The van der Waals surface area contributed by atoms with Crippen LogP contribution in [0.25, 0.3) is 0 Å². The van der Waals surface area contributed by atoms with E-state index in [1.54, 1.807) is 0 Å². The van der Waals surface area contributed by atoms with Gasteiger partial charge in [-0.1, -0.05) is 36.7 Å². The highest BCUT2D eigenvalue weighted by atomic mass is 79.9. The molecule has 2 nitrogen and oxygen atoms in total. The van der Waals surface area contributed by atoms with E-state index >= 15 is 0 Å². The van der Waals surface area contributed by atoms with Crippen molar-refractivity contribution in [2.24, 2.45) is 5.41 Å². The van der Waals surface area contributed by atoms with Gasteiger partial charge in [0.15, 0.2) is 0 Å². The first-order chi connectivity index (χ1) is 5.88. The lowest BCUT2D eigenvalue weighted by Crippen LogP contribution is -2.40. The van der Waals surface area contributed by atoms with E-state index in [2.05, 4.69) is 21.2 Å². The Hall–Kier alpha value is -0.0500. The van der Waals surface area contributed by atoms with E-state index in [4.69, 9.17) is 0 Å². The summed E-state index contributed by atoms with van der Waals surface area (Å²) in [6.07, 6.45) is 2.14. The topological polar surface area (TPSA) is 29.1 Å². The SMILES string of the molecule is CC(CCCBr)NC(=O)C(C)(C)C. The van der Waals surface area contributed by atoms with Crippen molar-refractivity contribution in [3.63, 3.8) is 0 Å². The Balaban J connectivity index is 3.79. The molecule has 1 atom stereocenters. The summed E-state index contributed by atoms with van der Waals surface area (Å²) < 4.78 is 0. The molecule has 78 valence electrons. The molecule has 0 bridgehead atoms. The first kappa shape index (κ1) is 12.9. The average Bonchev–Trinajstić information content (AvgIpc) is 1.99. The molecule has 0 fully saturated rings. The van der Waals surface area contributed by atoms with Gasteiger partial charge in [0.1, 0.15) is 0 Å². The quantitative estimate of drug-likeness (QED) is 0.763. The fourth-order valence-corrected chi connectivity index (χ4v) is 1.22. The molecule has 0 aromatic rings. The lowest BCUT2D eigenvalue weighted by Gasteiger charge is -2.21.